The molecule has 2 heteroatoms. The molecule has 0 bridgehead atoms. The van der Waals surface area contributed by atoms with E-state index >= 15 is 0 Å². The summed E-state index contributed by atoms with van der Waals surface area (Å²) in [5, 5.41) is 2.29. The normalized spacial score (nSPS) is 16.2. The summed E-state index contributed by atoms with van der Waals surface area (Å²) in [7, 11) is 0. The molecule has 0 saturated carbocycles. The highest BCUT2D eigenvalue weighted by molar-refractivity contribution is 6.09. The van der Waals surface area contributed by atoms with Gasteiger partial charge in [-0.1, -0.05) is 140 Å². The molecule has 0 fully saturated rings. The molecule has 1 atom stereocenters. The molecule has 0 saturated heterocycles. The Hall–Kier alpha value is -5.60. The second kappa shape index (κ2) is 11.2. The van der Waals surface area contributed by atoms with Gasteiger partial charge in [0.2, 0.25) is 0 Å². The Bertz CT molecular complexity index is 2170. The topological polar surface area (TPSA) is 16.4 Å². The fraction of sp³-hybridized carbons (Fsp3) is 0.0698. The van der Waals surface area contributed by atoms with Crippen LogP contribution in [0.25, 0.3) is 44.2 Å². The Morgan fingerprint density at radius 1 is 0.556 bits per heavy atom. The van der Waals surface area contributed by atoms with Crippen molar-refractivity contribution >= 4 is 33.3 Å². The predicted octanol–water partition coefficient (Wildman–Crippen LogP) is 11.9. The van der Waals surface area contributed by atoms with Crippen LogP contribution in [0.15, 0.2) is 180 Å². The van der Waals surface area contributed by atoms with Gasteiger partial charge in [-0.05, 0) is 65.1 Å². The second-order valence-corrected chi connectivity index (χ2v) is 12.0. The minimum atomic E-state index is -0.0390. The number of nitrogens with zero attached hydrogens (tertiary/aromatic N) is 1. The average Bonchev–Trinajstić information content (AvgIpc) is 3.50. The second-order valence-electron chi connectivity index (χ2n) is 12.0. The van der Waals surface area contributed by atoms with E-state index in [1.807, 2.05) is 12.1 Å². The van der Waals surface area contributed by atoms with Crippen molar-refractivity contribution in [2.45, 2.75) is 18.8 Å². The quantitative estimate of drug-likeness (QED) is 0.195. The van der Waals surface area contributed by atoms with Crippen LogP contribution in [0.4, 0.5) is 11.4 Å². The Morgan fingerprint density at radius 2 is 1.16 bits per heavy atom. The van der Waals surface area contributed by atoms with Crippen molar-refractivity contribution in [1.82, 2.24) is 0 Å². The molecule has 7 aromatic rings. The Kier molecular flexibility index (Phi) is 6.69. The van der Waals surface area contributed by atoms with Crippen molar-refractivity contribution in [3.05, 3.63) is 181 Å². The largest absolute Gasteiger partial charge is 0.455 e. The number of furan rings is 1. The fourth-order valence-corrected chi connectivity index (χ4v) is 6.57. The van der Waals surface area contributed by atoms with Crippen molar-refractivity contribution in [2.24, 2.45) is 0 Å². The summed E-state index contributed by atoms with van der Waals surface area (Å²) in [6.45, 7) is 2.32. The molecule has 8 rings (SSSR count). The fourth-order valence-electron chi connectivity index (χ4n) is 6.57. The van der Waals surface area contributed by atoms with Crippen molar-refractivity contribution in [3.8, 4) is 22.3 Å². The first kappa shape index (κ1) is 27.0. The van der Waals surface area contributed by atoms with Gasteiger partial charge in [-0.3, -0.25) is 0 Å². The summed E-state index contributed by atoms with van der Waals surface area (Å²) >= 11 is 0. The van der Waals surface area contributed by atoms with E-state index < -0.39 is 0 Å². The molecule has 0 N–H and O–H groups in total. The maximum absolute atomic E-state index is 6.36. The van der Waals surface area contributed by atoms with Gasteiger partial charge in [0.15, 0.2) is 0 Å². The van der Waals surface area contributed by atoms with Gasteiger partial charge in [0.05, 0.1) is 0 Å². The van der Waals surface area contributed by atoms with Crippen LogP contribution in [-0.2, 0) is 5.41 Å². The van der Waals surface area contributed by atoms with E-state index in [1.54, 1.807) is 0 Å². The molecule has 1 unspecified atom stereocenters. The standard InChI is InChI=1S/C43H33NO/c1-43(34-13-6-3-7-14-34)29-27-37(28-30-43)44(35-23-19-32(20-24-35)31-11-4-2-5-12-31)36-25-21-33(22-26-36)38-16-10-17-40-39-15-8-9-18-41(39)45-42(38)40/h2-29H,30H2,1H3. The Balaban J connectivity index is 1.18. The first-order valence-corrected chi connectivity index (χ1v) is 15.6. The minimum Gasteiger partial charge on any atom is -0.455 e. The van der Waals surface area contributed by atoms with Gasteiger partial charge < -0.3 is 9.32 Å². The number of benzene rings is 6. The third kappa shape index (κ3) is 4.95. The summed E-state index contributed by atoms with van der Waals surface area (Å²) in [5.41, 5.74) is 11.2. The van der Waals surface area contributed by atoms with Crippen molar-refractivity contribution in [3.63, 3.8) is 0 Å². The molecule has 6 aromatic carbocycles. The van der Waals surface area contributed by atoms with E-state index in [9.17, 15) is 0 Å². The molecule has 0 amide bonds. The number of hydrogen-bond acceptors (Lipinski definition) is 2. The molecule has 1 aliphatic rings. The van der Waals surface area contributed by atoms with Crippen molar-refractivity contribution in [2.75, 3.05) is 4.90 Å². The summed E-state index contributed by atoms with van der Waals surface area (Å²) in [4.78, 5) is 2.36. The lowest BCUT2D eigenvalue weighted by molar-refractivity contribution is 0.595. The highest BCUT2D eigenvalue weighted by Crippen LogP contribution is 2.40. The average molecular weight is 580 g/mol. The van der Waals surface area contributed by atoms with Crippen LogP contribution in [0, 0.1) is 0 Å². The lowest BCUT2D eigenvalue weighted by Crippen LogP contribution is -2.24. The zero-order valence-corrected chi connectivity index (χ0v) is 25.2. The third-order valence-electron chi connectivity index (χ3n) is 9.12. The van der Waals surface area contributed by atoms with E-state index in [2.05, 4.69) is 170 Å². The Labute approximate surface area is 264 Å². The zero-order chi connectivity index (χ0) is 30.2. The highest BCUT2D eigenvalue weighted by Gasteiger charge is 2.27. The van der Waals surface area contributed by atoms with E-state index in [1.165, 1.54) is 22.4 Å². The number of anilines is 2. The van der Waals surface area contributed by atoms with Crippen LogP contribution in [0.1, 0.15) is 18.9 Å². The lowest BCUT2D eigenvalue weighted by Gasteiger charge is -2.33. The number of hydrogen-bond donors (Lipinski definition) is 0. The van der Waals surface area contributed by atoms with Gasteiger partial charge >= 0.3 is 0 Å². The van der Waals surface area contributed by atoms with Gasteiger partial charge in [0.25, 0.3) is 0 Å². The molecule has 0 aliphatic heterocycles. The minimum absolute atomic E-state index is 0.0390. The molecule has 1 heterocycles. The predicted molar refractivity (Wildman–Crippen MR) is 189 cm³/mol. The molecule has 216 valence electrons. The van der Waals surface area contributed by atoms with Crippen LogP contribution in [-0.4, -0.2) is 0 Å². The Morgan fingerprint density at radius 3 is 1.84 bits per heavy atom. The number of fused-ring (bicyclic) bond motifs is 3. The molecule has 2 nitrogen and oxygen atoms in total. The van der Waals surface area contributed by atoms with Crippen LogP contribution >= 0.6 is 0 Å². The van der Waals surface area contributed by atoms with Gasteiger partial charge in [-0.15, -0.1) is 0 Å². The van der Waals surface area contributed by atoms with E-state index in [0.717, 1.165) is 50.9 Å². The number of para-hydroxylation sites is 2. The van der Waals surface area contributed by atoms with E-state index in [4.69, 9.17) is 4.42 Å². The SMILES string of the molecule is CC1(c2ccccc2)C=CC(N(c2ccc(-c3ccccc3)cc2)c2ccc(-c3cccc4c3oc3ccccc34)cc2)=CC1. The van der Waals surface area contributed by atoms with Crippen LogP contribution in [0.2, 0.25) is 0 Å². The summed E-state index contributed by atoms with van der Waals surface area (Å²) in [6.07, 6.45) is 7.94. The summed E-state index contributed by atoms with van der Waals surface area (Å²) < 4.78 is 6.36. The van der Waals surface area contributed by atoms with Gasteiger partial charge in [-0.2, -0.15) is 0 Å². The first-order chi connectivity index (χ1) is 22.2. The highest BCUT2D eigenvalue weighted by atomic mass is 16.3. The third-order valence-corrected chi connectivity index (χ3v) is 9.12. The molecule has 45 heavy (non-hydrogen) atoms. The number of rotatable bonds is 6. The van der Waals surface area contributed by atoms with Crippen LogP contribution < -0.4 is 4.90 Å². The van der Waals surface area contributed by atoms with Crippen LogP contribution in [0.3, 0.4) is 0 Å². The van der Waals surface area contributed by atoms with Gasteiger partial charge in [-0.25, -0.2) is 0 Å². The smallest absolute Gasteiger partial charge is 0.143 e. The van der Waals surface area contributed by atoms with E-state index in [0.29, 0.717) is 0 Å². The van der Waals surface area contributed by atoms with Gasteiger partial charge in [0.1, 0.15) is 11.2 Å². The van der Waals surface area contributed by atoms with E-state index in [-0.39, 0.29) is 5.41 Å². The van der Waals surface area contributed by atoms with Gasteiger partial charge in [0, 0.05) is 38.8 Å². The van der Waals surface area contributed by atoms with Crippen LogP contribution in [0.5, 0.6) is 0 Å². The molecule has 0 spiro atoms. The number of allylic oxidation sites excluding steroid dienone is 3. The van der Waals surface area contributed by atoms with Crippen molar-refractivity contribution in [1.29, 1.82) is 0 Å². The first-order valence-electron chi connectivity index (χ1n) is 15.6. The summed E-state index contributed by atoms with van der Waals surface area (Å²) in [6, 6.07) is 53.8. The summed E-state index contributed by atoms with van der Waals surface area (Å²) in [5.74, 6) is 0. The molecule has 1 aliphatic carbocycles. The zero-order valence-electron chi connectivity index (χ0n) is 25.2. The maximum atomic E-state index is 6.36. The maximum Gasteiger partial charge on any atom is 0.143 e. The monoisotopic (exact) mass is 579 g/mol. The van der Waals surface area contributed by atoms with Crippen molar-refractivity contribution < 1.29 is 4.42 Å². The molecule has 0 radical (unpaired) electrons. The molecule has 1 aromatic heterocycles. The molecular weight excluding hydrogens is 546 g/mol. The molecular formula is C43H33NO. The lowest BCUT2D eigenvalue weighted by atomic mass is 9.77.